The van der Waals surface area contributed by atoms with Crippen molar-refractivity contribution in [2.75, 3.05) is 34.5 Å². The lowest BCUT2D eigenvalue weighted by Crippen LogP contribution is -2.38. The SMILES string of the molecule is COc1cc(CCN(C(=O)COc2ccccc2)C2CC2)cc(OC)c1OC. The van der Waals surface area contributed by atoms with Crippen LogP contribution in [0.2, 0.25) is 0 Å². The predicted octanol–water partition coefficient (Wildman–Crippen LogP) is 3.32. The summed E-state index contributed by atoms with van der Waals surface area (Å²) in [6.45, 7) is 0.677. The van der Waals surface area contributed by atoms with E-state index in [1.54, 1.807) is 21.3 Å². The number of carbonyl (C=O) groups is 1. The summed E-state index contributed by atoms with van der Waals surface area (Å²) in [6, 6.07) is 13.6. The lowest BCUT2D eigenvalue weighted by atomic mass is 10.1. The molecule has 0 unspecified atom stereocenters. The number of hydrogen-bond donors (Lipinski definition) is 0. The van der Waals surface area contributed by atoms with E-state index in [1.165, 1.54) is 0 Å². The highest BCUT2D eigenvalue weighted by Crippen LogP contribution is 2.38. The number of carbonyl (C=O) groups excluding carboxylic acids is 1. The van der Waals surface area contributed by atoms with Crippen molar-refractivity contribution < 1.29 is 23.7 Å². The van der Waals surface area contributed by atoms with Crippen LogP contribution < -0.4 is 18.9 Å². The third-order valence-electron chi connectivity index (χ3n) is 4.78. The maximum atomic E-state index is 12.7. The van der Waals surface area contributed by atoms with E-state index in [4.69, 9.17) is 18.9 Å². The van der Waals surface area contributed by atoms with Crippen LogP contribution in [-0.2, 0) is 11.2 Å². The smallest absolute Gasteiger partial charge is 0.260 e. The van der Waals surface area contributed by atoms with Crippen molar-refractivity contribution in [1.29, 1.82) is 0 Å². The Morgan fingerprint density at radius 1 is 1.00 bits per heavy atom. The topological polar surface area (TPSA) is 57.2 Å². The fourth-order valence-corrected chi connectivity index (χ4v) is 3.17. The van der Waals surface area contributed by atoms with Gasteiger partial charge in [-0.15, -0.1) is 0 Å². The van der Waals surface area contributed by atoms with Gasteiger partial charge in [-0.25, -0.2) is 0 Å². The van der Waals surface area contributed by atoms with E-state index in [-0.39, 0.29) is 12.5 Å². The Kier molecular flexibility index (Phi) is 6.63. The fourth-order valence-electron chi connectivity index (χ4n) is 3.17. The van der Waals surface area contributed by atoms with Crippen LogP contribution in [0.3, 0.4) is 0 Å². The maximum absolute atomic E-state index is 12.7. The van der Waals surface area contributed by atoms with Crippen molar-refractivity contribution in [3.8, 4) is 23.0 Å². The van der Waals surface area contributed by atoms with Gasteiger partial charge in [-0.1, -0.05) is 18.2 Å². The Hall–Kier alpha value is -2.89. The standard InChI is InChI=1S/C22H27NO5/c1-25-19-13-16(14-20(26-2)22(19)27-3)11-12-23(17-9-10-17)21(24)15-28-18-7-5-4-6-8-18/h4-8,13-14,17H,9-12,15H2,1-3H3. The van der Waals surface area contributed by atoms with Gasteiger partial charge in [0.1, 0.15) is 5.75 Å². The van der Waals surface area contributed by atoms with E-state index >= 15 is 0 Å². The Labute approximate surface area is 166 Å². The summed E-state index contributed by atoms with van der Waals surface area (Å²) >= 11 is 0. The van der Waals surface area contributed by atoms with Crippen molar-refractivity contribution in [2.45, 2.75) is 25.3 Å². The van der Waals surface area contributed by atoms with E-state index in [9.17, 15) is 4.79 Å². The van der Waals surface area contributed by atoms with Crippen molar-refractivity contribution >= 4 is 5.91 Å². The van der Waals surface area contributed by atoms with Gasteiger partial charge in [0.05, 0.1) is 21.3 Å². The quantitative estimate of drug-likeness (QED) is 0.628. The predicted molar refractivity (Wildman–Crippen MR) is 106 cm³/mol. The van der Waals surface area contributed by atoms with E-state index in [1.807, 2.05) is 47.4 Å². The first-order valence-corrected chi connectivity index (χ1v) is 9.42. The summed E-state index contributed by atoms with van der Waals surface area (Å²) < 4.78 is 21.8. The zero-order chi connectivity index (χ0) is 19.9. The van der Waals surface area contributed by atoms with E-state index in [0.29, 0.717) is 42.0 Å². The minimum Gasteiger partial charge on any atom is -0.493 e. The van der Waals surface area contributed by atoms with Gasteiger partial charge in [-0.3, -0.25) is 4.79 Å². The highest BCUT2D eigenvalue weighted by molar-refractivity contribution is 5.78. The third-order valence-corrected chi connectivity index (χ3v) is 4.78. The molecule has 1 fully saturated rings. The number of ether oxygens (including phenoxy) is 4. The number of amides is 1. The van der Waals surface area contributed by atoms with Gasteiger partial charge in [0.2, 0.25) is 5.75 Å². The normalized spacial score (nSPS) is 13.0. The summed E-state index contributed by atoms with van der Waals surface area (Å²) in [6.07, 6.45) is 2.79. The van der Waals surface area contributed by atoms with Crippen LogP contribution in [0.25, 0.3) is 0 Å². The zero-order valence-corrected chi connectivity index (χ0v) is 16.6. The number of hydrogen-bond acceptors (Lipinski definition) is 5. The zero-order valence-electron chi connectivity index (χ0n) is 16.6. The van der Waals surface area contributed by atoms with E-state index < -0.39 is 0 Å². The average molecular weight is 385 g/mol. The summed E-state index contributed by atoms with van der Waals surface area (Å²) in [7, 11) is 4.78. The van der Waals surface area contributed by atoms with Gasteiger partial charge in [0.15, 0.2) is 18.1 Å². The van der Waals surface area contributed by atoms with Gasteiger partial charge in [-0.05, 0) is 49.1 Å². The molecule has 6 heteroatoms. The van der Waals surface area contributed by atoms with Gasteiger partial charge in [-0.2, -0.15) is 0 Å². The molecule has 0 radical (unpaired) electrons. The van der Waals surface area contributed by atoms with Gasteiger partial charge >= 0.3 is 0 Å². The van der Waals surface area contributed by atoms with Crippen LogP contribution >= 0.6 is 0 Å². The largest absolute Gasteiger partial charge is 0.493 e. The Morgan fingerprint density at radius 3 is 2.18 bits per heavy atom. The molecule has 1 aliphatic carbocycles. The first-order valence-electron chi connectivity index (χ1n) is 9.42. The summed E-state index contributed by atoms with van der Waals surface area (Å²) in [5, 5.41) is 0. The first-order chi connectivity index (χ1) is 13.7. The molecule has 3 rings (SSSR count). The van der Waals surface area contributed by atoms with Crippen LogP contribution in [-0.4, -0.2) is 51.3 Å². The molecule has 1 aliphatic rings. The molecular weight excluding hydrogens is 358 g/mol. The second-order valence-corrected chi connectivity index (χ2v) is 6.70. The highest BCUT2D eigenvalue weighted by Gasteiger charge is 2.32. The molecule has 0 spiro atoms. The number of benzene rings is 2. The van der Waals surface area contributed by atoms with Crippen LogP contribution in [0, 0.1) is 0 Å². The molecule has 150 valence electrons. The minimum atomic E-state index is 0.0128. The molecule has 0 atom stereocenters. The second-order valence-electron chi connectivity index (χ2n) is 6.70. The Balaban J connectivity index is 1.64. The lowest BCUT2D eigenvalue weighted by Gasteiger charge is -2.23. The molecular formula is C22H27NO5. The molecule has 2 aromatic rings. The van der Waals surface area contributed by atoms with Crippen molar-refractivity contribution in [3.05, 3.63) is 48.0 Å². The highest BCUT2D eigenvalue weighted by atomic mass is 16.5. The number of nitrogens with zero attached hydrogens (tertiary/aromatic N) is 1. The van der Waals surface area contributed by atoms with Crippen LogP contribution in [0.4, 0.5) is 0 Å². The molecule has 6 nitrogen and oxygen atoms in total. The molecule has 0 saturated heterocycles. The van der Waals surface area contributed by atoms with Crippen molar-refractivity contribution in [3.63, 3.8) is 0 Å². The Bertz CT molecular complexity index is 764. The molecule has 1 saturated carbocycles. The van der Waals surface area contributed by atoms with E-state index in [2.05, 4.69) is 0 Å². The molecule has 0 N–H and O–H groups in total. The minimum absolute atomic E-state index is 0.0128. The van der Waals surface area contributed by atoms with Crippen molar-refractivity contribution in [1.82, 2.24) is 4.90 Å². The number of methoxy groups -OCH3 is 3. The van der Waals surface area contributed by atoms with Crippen molar-refractivity contribution in [2.24, 2.45) is 0 Å². The lowest BCUT2D eigenvalue weighted by molar-refractivity contribution is -0.133. The summed E-state index contributed by atoms with van der Waals surface area (Å²) in [5.41, 5.74) is 1.02. The molecule has 2 aromatic carbocycles. The molecule has 0 bridgehead atoms. The van der Waals surface area contributed by atoms with Gasteiger partial charge in [0.25, 0.3) is 5.91 Å². The third kappa shape index (κ3) is 4.88. The van der Waals surface area contributed by atoms with Crippen LogP contribution in [0.1, 0.15) is 18.4 Å². The average Bonchev–Trinajstić information content (AvgIpc) is 3.57. The summed E-state index contributed by atoms with van der Waals surface area (Å²) in [4.78, 5) is 14.6. The Morgan fingerprint density at radius 2 is 1.64 bits per heavy atom. The molecule has 0 aliphatic heterocycles. The summed E-state index contributed by atoms with van der Waals surface area (Å²) in [5.74, 6) is 2.53. The molecule has 1 amide bonds. The number of rotatable bonds is 10. The van der Waals surface area contributed by atoms with Gasteiger partial charge < -0.3 is 23.8 Å². The van der Waals surface area contributed by atoms with E-state index in [0.717, 1.165) is 18.4 Å². The first kappa shape index (κ1) is 19.9. The molecule has 0 heterocycles. The number of para-hydroxylation sites is 1. The second kappa shape index (κ2) is 9.35. The maximum Gasteiger partial charge on any atom is 0.260 e. The fraction of sp³-hybridized carbons (Fsp3) is 0.409. The molecule has 0 aromatic heterocycles. The van der Waals surface area contributed by atoms with Crippen LogP contribution in [0.15, 0.2) is 42.5 Å². The monoisotopic (exact) mass is 385 g/mol. The van der Waals surface area contributed by atoms with Crippen LogP contribution in [0.5, 0.6) is 23.0 Å². The van der Waals surface area contributed by atoms with Gasteiger partial charge in [0, 0.05) is 12.6 Å². The molecule has 28 heavy (non-hydrogen) atoms.